The van der Waals surface area contributed by atoms with Crippen LogP contribution in [0, 0.1) is 5.92 Å². The molecular weight excluding hydrogens is 220 g/mol. The number of nitrogens with zero attached hydrogens (tertiary/aromatic N) is 1. The van der Waals surface area contributed by atoms with E-state index in [1.54, 1.807) is 0 Å². The lowest BCUT2D eigenvalue weighted by molar-refractivity contribution is 0.616. The standard InChI is InChI=1S/C11H26N4S/c1-5-16-7-6-10(4)14-11(15-12)13-8-9(2)3/h9-10H,5-8,12H2,1-4H3,(H2,13,14,15). The topological polar surface area (TPSA) is 62.4 Å². The molecule has 0 amide bonds. The summed E-state index contributed by atoms with van der Waals surface area (Å²) in [5.41, 5.74) is 2.61. The van der Waals surface area contributed by atoms with Gasteiger partial charge in [0.25, 0.3) is 0 Å². The highest BCUT2D eigenvalue weighted by atomic mass is 32.2. The minimum absolute atomic E-state index is 0.404. The molecule has 0 radical (unpaired) electrons. The Balaban J connectivity index is 3.86. The van der Waals surface area contributed by atoms with Crippen molar-refractivity contribution in [3.8, 4) is 0 Å². The van der Waals surface area contributed by atoms with Crippen molar-refractivity contribution in [2.75, 3.05) is 18.1 Å². The van der Waals surface area contributed by atoms with Gasteiger partial charge in [-0.2, -0.15) is 11.8 Å². The second-order valence-electron chi connectivity index (χ2n) is 4.26. The third-order valence-corrected chi connectivity index (χ3v) is 2.97. The molecule has 0 aromatic carbocycles. The maximum atomic E-state index is 5.41. The fourth-order valence-corrected chi connectivity index (χ4v) is 1.93. The van der Waals surface area contributed by atoms with Crippen molar-refractivity contribution in [1.82, 2.24) is 10.7 Å². The summed E-state index contributed by atoms with van der Waals surface area (Å²) in [4.78, 5) is 4.37. The summed E-state index contributed by atoms with van der Waals surface area (Å²) in [6.07, 6.45) is 1.13. The maximum absolute atomic E-state index is 5.41. The number of hydrogen-bond acceptors (Lipinski definition) is 3. The highest BCUT2D eigenvalue weighted by Crippen LogP contribution is 2.03. The lowest BCUT2D eigenvalue weighted by atomic mass is 10.2. The third kappa shape index (κ3) is 8.85. The molecule has 0 aliphatic rings. The first-order valence-electron chi connectivity index (χ1n) is 5.95. The fourth-order valence-electron chi connectivity index (χ4n) is 1.12. The van der Waals surface area contributed by atoms with Gasteiger partial charge in [0.15, 0.2) is 0 Å². The average Bonchev–Trinajstić information content (AvgIpc) is 2.24. The number of rotatable bonds is 7. The Morgan fingerprint density at radius 3 is 2.56 bits per heavy atom. The number of hydrogen-bond donors (Lipinski definition) is 3. The predicted molar refractivity (Wildman–Crippen MR) is 74.7 cm³/mol. The molecule has 0 rings (SSSR count). The molecule has 96 valence electrons. The Morgan fingerprint density at radius 1 is 1.38 bits per heavy atom. The zero-order valence-corrected chi connectivity index (χ0v) is 11.7. The van der Waals surface area contributed by atoms with Gasteiger partial charge in [0.05, 0.1) is 0 Å². The Morgan fingerprint density at radius 2 is 2.06 bits per heavy atom. The van der Waals surface area contributed by atoms with E-state index in [1.807, 2.05) is 11.8 Å². The van der Waals surface area contributed by atoms with Crippen LogP contribution in [0.3, 0.4) is 0 Å². The van der Waals surface area contributed by atoms with Crippen LogP contribution in [-0.4, -0.2) is 30.1 Å². The van der Waals surface area contributed by atoms with Crippen LogP contribution < -0.4 is 16.6 Å². The maximum Gasteiger partial charge on any atom is 0.205 e. The molecule has 0 aliphatic heterocycles. The number of nitrogens with one attached hydrogen (secondary N) is 2. The van der Waals surface area contributed by atoms with Gasteiger partial charge >= 0.3 is 0 Å². The molecule has 4 nitrogen and oxygen atoms in total. The zero-order chi connectivity index (χ0) is 12.4. The van der Waals surface area contributed by atoms with E-state index in [0.29, 0.717) is 17.9 Å². The molecule has 0 heterocycles. The van der Waals surface area contributed by atoms with Gasteiger partial charge in [0.1, 0.15) is 0 Å². The van der Waals surface area contributed by atoms with E-state index in [0.717, 1.165) is 13.0 Å². The van der Waals surface area contributed by atoms with E-state index in [9.17, 15) is 0 Å². The van der Waals surface area contributed by atoms with E-state index in [1.165, 1.54) is 11.5 Å². The molecule has 0 bridgehead atoms. The molecule has 5 heteroatoms. The van der Waals surface area contributed by atoms with Crippen LogP contribution in [-0.2, 0) is 0 Å². The van der Waals surface area contributed by atoms with Crippen molar-refractivity contribution < 1.29 is 0 Å². The Hall–Kier alpha value is -0.420. The van der Waals surface area contributed by atoms with E-state index < -0.39 is 0 Å². The van der Waals surface area contributed by atoms with Gasteiger partial charge in [-0.25, -0.2) is 5.84 Å². The van der Waals surface area contributed by atoms with Crippen molar-refractivity contribution in [3.05, 3.63) is 0 Å². The molecule has 16 heavy (non-hydrogen) atoms. The number of nitrogens with two attached hydrogens (primary N) is 1. The monoisotopic (exact) mass is 246 g/mol. The van der Waals surface area contributed by atoms with Gasteiger partial charge in [-0.1, -0.05) is 20.8 Å². The highest BCUT2D eigenvalue weighted by Gasteiger charge is 2.04. The lowest BCUT2D eigenvalue weighted by Gasteiger charge is -2.16. The SMILES string of the molecule is CCSCCC(C)NC(=NCC(C)C)NN. The second-order valence-corrected chi connectivity index (χ2v) is 5.65. The molecule has 1 atom stereocenters. The van der Waals surface area contributed by atoms with Crippen molar-refractivity contribution >= 4 is 17.7 Å². The van der Waals surface area contributed by atoms with Crippen LogP contribution in [0.5, 0.6) is 0 Å². The molecule has 0 aromatic heterocycles. The molecule has 0 aromatic rings. The minimum atomic E-state index is 0.404. The summed E-state index contributed by atoms with van der Waals surface area (Å²) in [5.74, 6) is 9.01. The highest BCUT2D eigenvalue weighted by molar-refractivity contribution is 7.99. The number of thioether (sulfide) groups is 1. The lowest BCUT2D eigenvalue weighted by Crippen LogP contribution is -2.45. The van der Waals surface area contributed by atoms with Gasteiger partial charge < -0.3 is 5.32 Å². The normalized spacial score (nSPS) is 14.0. The molecular formula is C11H26N4S. The van der Waals surface area contributed by atoms with Crippen LogP contribution in [0.1, 0.15) is 34.1 Å². The molecule has 1 unspecified atom stereocenters. The van der Waals surface area contributed by atoms with Gasteiger partial charge in [-0.05, 0) is 30.8 Å². The summed E-state index contributed by atoms with van der Waals surface area (Å²) in [6, 6.07) is 0.404. The van der Waals surface area contributed by atoms with Crippen LogP contribution >= 0.6 is 11.8 Å². The fraction of sp³-hybridized carbons (Fsp3) is 0.909. The number of hydrazine groups is 1. The first-order valence-corrected chi connectivity index (χ1v) is 7.10. The summed E-state index contributed by atoms with van der Waals surface area (Å²) >= 11 is 1.96. The summed E-state index contributed by atoms with van der Waals surface area (Å²) < 4.78 is 0. The first-order chi connectivity index (χ1) is 7.60. The summed E-state index contributed by atoms with van der Waals surface area (Å²) in [6.45, 7) is 9.40. The van der Waals surface area contributed by atoms with Gasteiger partial charge in [-0.15, -0.1) is 0 Å². The van der Waals surface area contributed by atoms with Gasteiger partial charge in [0, 0.05) is 12.6 Å². The molecule has 0 saturated carbocycles. The second kappa shape index (κ2) is 9.78. The first kappa shape index (κ1) is 15.6. The predicted octanol–water partition coefficient (Wildman–Crippen LogP) is 1.58. The molecule has 0 spiro atoms. The summed E-state index contributed by atoms with van der Waals surface area (Å²) in [5, 5.41) is 3.28. The van der Waals surface area contributed by atoms with E-state index in [4.69, 9.17) is 5.84 Å². The third-order valence-electron chi connectivity index (χ3n) is 2.03. The van der Waals surface area contributed by atoms with Crippen LogP contribution in [0.4, 0.5) is 0 Å². The smallest absolute Gasteiger partial charge is 0.205 e. The van der Waals surface area contributed by atoms with Crippen molar-refractivity contribution in [3.63, 3.8) is 0 Å². The van der Waals surface area contributed by atoms with Crippen molar-refractivity contribution in [2.45, 2.75) is 40.2 Å². The van der Waals surface area contributed by atoms with E-state index in [2.05, 4.69) is 43.4 Å². The van der Waals surface area contributed by atoms with E-state index >= 15 is 0 Å². The number of aliphatic imine (C=N–C) groups is 1. The minimum Gasteiger partial charge on any atom is -0.353 e. The largest absolute Gasteiger partial charge is 0.353 e. The molecule has 0 aliphatic carbocycles. The summed E-state index contributed by atoms with van der Waals surface area (Å²) in [7, 11) is 0. The zero-order valence-electron chi connectivity index (χ0n) is 10.9. The average molecular weight is 246 g/mol. The van der Waals surface area contributed by atoms with E-state index in [-0.39, 0.29) is 0 Å². The molecule has 0 saturated heterocycles. The van der Waals surface area contributed by atoms with Gasteiger partial charge in [-0.3, -0.25) is 10.4 Å². The van der Waals surface area contributed by atoms with Gasteiger partial charge in [0.2, 0.25) is 5.96 Å². The quantitative estimate of drug-likeness (QED) is 0.210. The molecule has 4 N–H and O–H groups in total. The Bertz CT molecular complexity index is 194. The Kier molecular flexibility index (Phi) is 9.52. The van der Waals surface area contributed by atoms with Crippen molar-refractivity contribution in [1.29, 1.82) is 0 Å². The van der Waals surface area contributed by atoms with Crippen LogP contribution in [0.2, 0.25) is 0 Å². The van der Waals surface area contributed by atoms with Crippen molar-refractivity contribution in [2.24, 2.45) is 16.8 Å². The Labute approximate surface area is 104 Å². The number of guanidine groups is 1. The van der Waals surface area contributed by atoms with Crippen LogP contribution in [0.25, 0.3) is 0 Å². The molecule has 0 fully saturated rings. The van der Waals surface area contributed by atoms with Crippen LogP contribution in [0.15, 0.2) is 4.99 Å².